The van der Waals surface area contributed by atoms with Crippen molar-refractivity contribution in [2.24, 2.45) is 0 Å². The Hall–Kier alpha value is -4.10. The number of Topliss-reactive ketones (excluding diaryl/α,β-unsaturated/α-hetero) is 1. The molecule has 2 aliphatic heterocycles. The van der Waals surface area contributed by atoms with Crippen molar-refractivity contribution in [2.75, 3.05) is 25.5 Å². The van der Waals surface area contributed by atoms with Gasteiger partial charge in [0.15, 0.2) is 5.78 Å². The van der Waals surface area contributed by atoms with Crippen LogP contribution < -0.4 is 14.8 Å². The van der Waals surface area contributed by atoms with E-state index in [1.165, 1.54) is 11.3 Å². The van der Waals surface area contributed by atoms with Crippen molar-refractivity contribution >= 4 is 44.2 Å². The van der Waals surface area contributed by atoms with Gasteiger partial charge in [-0.05, 0) is 57.2 Å². The van der Waals surface area contributed by atoms with Gasteiger partial charge in [-0.1, -0.05) is 0 Å². The van der Waals surface area contributed by atoms with Gasteiger partial charge in [0.2, 0.25) is 0 Å². The third-order valence-electron chi connectivity index (χ3n) is 6.91. The van der Waals surface area contributed by atoms with Crippen LogP contribution in [0.4, 0.5) is 9.80 Å². The number of hydrogen-bond acceptors (Lipinski definition) is 8. The molecule has 3 aromatic rings. The van der Waals surface area contributed by atoms with Crippen LogP contribution in [0.15, 0.2) is 36.4 Å². The molecule has 3 heterocycles. The Kier molecular flexibility index (Phi) is 6.72. The highest BCUT2D eigenvalue weighted by Gasteiger charge is 2.44. The molecule has 202 valence electrons. The van der Waals surface area contributed by atoms with Crippen LogP contribution in [0.2, 0.25) is 0 Å². The van der Waals surface area contributed by atoms with E-state index in [-0.39, 0.29) is 18.1 Å². The molecular formula is C29H29N3O6S. The lowest BCUT2D eigenvalue weighted by molar-refractivity contribution is -0.00563. The molecule has 0 atom stereocenters. The van der Waals surface area contributed by atoms with E-state index < -0.39 is 17.3 Å². The molecule has 2 aliphatic rings. The summed E-state index contributed by atoms with van der Waals surface area (Å²) in [7, 11) is 1.57. The number of carbonyl (C=O) groups is 3. The molecule has 1 fully saturated rings. The molecule has 0 saturated carbocycles. The average molecular weight is 548 g/mol. The lowest BCUT2D eigenvalue weighted by atomic mass is 9.82. The molecule has 0 unspecified atom stereocenters. The zero-order valence-corrected chi connectivity index (χ0v) is 23.1. The fourth-order valence-electron chi connectivity index (χ4n) is 5.02. The first-order valence-electron chi connectivity index (χ1n) is 12.7. The van der Waals surface area contributed by atoms with Crippen LogP contribution in [0.5, 0.6) is 11.5 Å². The lowest BCUT2D eigenvalue weighted by Gasteiger charge is -2.44. The fourth-order valence-corrected chi connectivity index (χ4v) is 6.13. The Balaban J connectivity index is 1.39. The van der Waals surface area contributed by atoms with Crippen molar-refractivity contribution < 1.29 is 28.6 Å². The summed E-state index contributed by atoms with van der Waals surface area (Å²) in [4.78, 5) is 41.2. The summed E-state index contributed by atoms with van der Waals surface area (Å²) in [5.74, 6) is 0.850. The van der Waals surface area contributed by atoms with Crippen molar-refractivity contribution in [3.63, 3.8) is 0 Å². The maximum absolute atomic E-state index is 13.9. The zero-order chi connectivity index (χ0) is 27.9. The van der Waals surface area contributed by atoms with E-state index in [1.807, 2.05) is 12.1 Å². The van der Waals surface area contributed by atoms with E-state index in [0.717, 1.165) is 4.70 Å². The number of benzene rings is 2. The number of nitrogens with zero attached hydrogens (tertiary/aromatic N) is 2. The van der Waals surface area contributed by atoms with Crippen LogP contribution in [0.3, 0.4) is 0 Å². The number of piperidine rings is 1. The first-order valence-corrected chi connectivity index (χ1v) is 13.5. The second-order valence-corrected chi connectivity index (χ2v) is 11.8. The third-order valence-corrected chi connectivity index (χ3v) is 7.97. The minimum Gasteiger partial charge on any atom is -0.497 e. The topological polar surface area (TPSA) is 118 Å². The van der Waals surface area contributed by atoms with Gasteiger partial charge in [-0.2, -0.15) is 5.26 Å². The highest BCUT2D eigenvalue weighted by Crippen LogP contribution is 2.42. The minimum absolute atomic E-state index is 0.0604. The Morgan fingerprint density at radius 1 is 1.15 bits per heavy atom. The summed E-state index contributed by atoms with van der Waals surface area (Å²) in [6, 6.07) is 12.4. The number of likely N-dealkylation sites (tertiary alicyclic amines) is 1. The number of fused-ring (bicyclic) bond motifs is 2. The summed E-state index contributed by atoms with van der Waals surface area (Å²) in [5, 5.41) is 13.1. The van der Waals surface area contributed by atoms with E-state index in [0.29, 0.717) is 64.5 Å². The van der Waals surface area contributed by atoms with E-state index >= 15 is 0 Å². The molecule has 1 saturated heterocycles. The summed E-state index contributed by atoms with van der Waals surface area (Å²) in [5.41, 5.74) is -0.151. The fraction of sp³-hybridized carbons (Fsp3) is 0.379. The molecule has 0 aliphatic carbocycles. The van der Waals surface area contributed by atoms with E-state index in [9.17, 15) is 14.4 Å². The number of hydrogen-bond donors (Lipinski definition) is 1. The molecule has 1 aromatic heterocycles. The first-order chi connectivity index (χ1) is 18.5. The monoisotopic (exact) mass is 547 g/mol. The SMILES string of the molecule is COc1ccc2c(C(=O)N3CCC4(CC3)CC(=O)c3cc(C#N)ccc3O4)c(NC(=O)OC(C)(C)C)sc2c1. The van der Waals surface area contributed by atoms with Crippen LogP contribution in [0.1, 0.15) is 66.3 Å². The Labute approximate surface area is 230 Å². The Morgan fingerprint density at radius 2 is 1.90 bits per heavy atom. The van der Waals surface area contributed by atoms with E-state index in [2.05, 4.69) is 11.4 Å². The number of methoxy groups -OCH3 is 1. The largest absolute Gasteiger partial charge is 0.497 e. The van der Waals surface area contributed by atoms with Crippen LogP contribution in [-0.2, 0) is 4.74 Å². The van der Waals surface area contributed by atoms with Crippen molar-refractivity contribution in [3.05, 3.63) is 53.1 Å². The van der Waals surface area contributed by atoms with Gasteiger partial charge in [-0.3, -0.25) is 14.9 Å². The number of amides is 2. The summed E-state index contributed by atoms with van der Waals surface area (Å²) < 4.78 is 17.9. The first kappa shape index (κ1) is 26.5. The number of nitrogens with one attached hydrogen (secondary N) is 1. The van der Waals surface area contributed by atoms with Gasteiger partial charge < -0.3 is 19.1 Å². The lowest BCUT2D eigenvalue weighted by Crippen LogP contribution is -2.52. The molecule has 39 heavy (non-hydrogen) atoms. The van der Waals surface area contributed by atoms with Crippen LogP contribution in [0, 0.1) is 11.3 Å². The normalized spacial score (nSPS) is 16.3. The predicted octanol–water partition coefficient (Wildman–Crippen LogP) is 5.77. The molecule has 5 rings (SSSR count). The van der Waals surface area contributed by atoms with Crippen molar-refractivity contribution in [1.29, 1.82) is 5.26 Å². The van der Waals surface area contributed by atoms with Gasteiger partial charge in [0, 0.05) is 36.0 Å². The third kappa shape index (κ3) is 5.27. The number of carbonyl (C=O) groups excluding carboxylic acids is 3. The standard InChI is InChI=1S/C29H29N3O6S/c1-28(2,3)38-27(35)31-25-24(19-7-6-18(36-4)14-23(19)39-25)26(34)32-11-9-29(10-12-32)15-21(33)20-13-17(16-30)5-8-22(20)37-29/h5-8,13-14H,9-12,15H2,1-4H3,(H,31,35). The molecule has 2 amide bonds. The summed E-state index contributed by atoms with van der Waals surface area (Å²) in [6.45, 7) is 6.10. The number of rotatable bonds is 3. The molecular weight excluding hydrogens is 518 g/mol. The van der Waals surface area contributed by atoms with Crippen molar-refractivity contribution in [2.45, 2.75) is 51.2 Å². The maximum atomic E-state index is 13.9. The molecule has 0 radical (unpaired) electrons. The number of nitriles is 1. The van der Waals surface area contributed by atoms with Crippen molar-refractivity contribution in [1.82, 2.24) is 4.90 Å². The van der Waals surface area contributed by atoms with Gasteiger partial charge in [0.25, 0.3) is 5.91 Å². The average Bonchev–Trinajstić information content (AvgIpc) is 3.24. The smallest absolute Gasteiger partial charge is 0.412 e. The highest BCUT2D eigenvalue weighted by atomic mass is 32.1. The highest BCUT2D eigenvalue weighted by molar-refractivity contribution is 7.23. The van der Waals surface area contributed by atoms with E-state index in [1.54, 1.807) is 57.0 Å². The number of ether oxygens (including phenoxy) is 3. The van der Waals surface area contributed by atoms with Gasteiger partial charge in [0.05, 0.1) is 36.3 Å². The second kappa shape index (κ2) is 9.89. The van der Waals surface area contributed by atoms with Gasteiger partial charge in [-0.25, -0.2) is 4.79 Å². The Morgan fingerprint density at radius 3 is 2.56 bits per heavy atom. The molecule has 1 spiro atoms. The second-order valence-electron chi connectivity index (χ2n) is 10.8. The van der Waals surface area contributed by atoms with E-state index in [4.69, 9.17) is 19.5 Å². The predicted molar refractivity (Wildman–Crippen MR) is 147 cm³/mol. The molecule has 10 heteroatoms. The minimum atomic E-state index is -0.698. The van der Waals surface area contributed by atoms with Crippen LogP contribution >= 0.6 is 11.3 Å². The Bertz CT molecular complexity index is 1520. The van der Waals surface area contributed by atoms with Crippen LogP contribution in [0.25, 0.3) is 10.1 Å². The molecule has 9 nitrogen and oxygen atoms in total. The summed E-state index contributed by atoms with van der Waals surface area (Å²) in [6.07, 6.45) is 0.521. The number of thiophene rings is 1. The molecule has 2 aromatic carbocycles. The molecule has 1 N–H and O–H groups in total. The van der Waals surface area contributed by atoms with Crippen molar-refractivity contribution in [3.8, 4) is 17.6 Å². The van der Waals surface area contributed by atoms with Gasteiger partial charge in [-0.15, -0.1) is 11.3 Å². The van der Waals surface area contributed by atoms with Gasteiger partial charge in [0.1, 0.15) is 27.7 Å². The number of anilines is 1. The quantitative estimate of drug-likeness (QED) is 0.442. The van der Waals surface area contributed by atoms with Gasteiger partial charge >= 0.3 is 6.09 Å². The zero-order valence-electron chi connectivity index (χ0n) is 22.3. The molecule has 0 bridgehead atoms. The van der Waals surface area contributed by atoms with Crippen LogP contribution in [-0.4, -0.2) is 54.1 Å². The number of ketones is 1. The summed E-state index contributed by atoms with van der Waals surface area (Å²) >= 11 is 1.29. The maximum Gasteiger partial charge on any atom is 0.412 e.